The maximum atomic E-state index is 13.7. The number of rotatable bonds is 14. The van der Waals surface area contributed by atoms with E-state index in [2.05, 4.69) is 11.9 Å². The van der Waals surface area contributed by atoms with Crippen molar-refractivity contribution in [3.63, 3.8) is 0 Å². The van der Waals surface area contributed by atoms with E-state index in [1.165, 1.54) is 11.4 Å². The van der Waals surface area contributed by atoms with Crippen molar-refractivity contribution in [2.75, 3.05) is 20.3 Å². The Morgan fingerprint density at radius 2 is 1.68 bits per heavy atom. The minimum atomic E-state index is -3.80. The van der Waals surface area contributed by atoms with Crippen LogP contribution in [0.2, 0.25) is 0 Å². The van der Waals surface area contributed by atoms with Crippen LogP contribution < -0.4 is 9.47 Å². The zero-order valence-corrected chi connectivity index (χ0v) is 26.2. The third-order valence-corrected chi connectivity index (χ3v) is 9.52. The van der Waals surface area contributed by atoms with Crippen molar-refractivity contribution in [1.29, 1.82) is 0 Å². The first-order chi connectivity index (χ1) is 21.3. The summed E-state index contributed by atoms with van der Waals surface area (Å²) < 4.78 is 51.6. The first kappa shape index (κ1) is 31.3. The molecule has 0 aliphatic carbocycles. The maximum absolute atomic E-state index is 13.7. The molecule has 4 aromatic rings. The van der Waals surface area contributed by atoms with Crippen LogP contribution in [0.5, 0.6) is 11.5 Å². The van der Waals surface area contributed by atoms with Crippen molar-refractivity contribution in [2.24, 2.45) is 0 Å². The van der Waals surface area contributed by atoms with Crippen LogP contribution in [0.4, 0.5) is 0 Å². The van der Waals surface area contributed by atoms with Gasteiger partial charge in [0.15, 0.2) is 0 Å². The number of carbonyl (C=O) groups is 1. The Balaban J connectivity index is 1.33. The number of ether oxygens (including phenoxy) is 3. The molecule has 44 heavy (non-hydrogen) atoms. The minimum absolute atomic E-state index is 0.162. The van der Waals surface area contributed by atoms with Gasteiger partial charge in [-0.3, -0.25) is 4.79 Å². The molecule has 0 N–H and O–H groups in total. The first-order valence-electron chi connectivity index (χ1n) is 14.9. The van der Waals surface area contributed by atoms with E-state index >= 15 is 0 Å². The van der Waals surface area contributed by atoms with Crippen molar-refractivity contribution < 1.29 is 31.8 Å². The van der Waals surface area contributed by atoms with E-state index in [1.54, 1.807) is 24.3 Å². The molecule has 0 bridgehead atoms. The number of hydrogen-bond acceptors (Lipinski definition) is 8. The summed E-state index contributed by atoms with van der Waals surface area (Å²) in [6.45, 7) is 5.24. The number of oxazole rings is 1. The van der Waals surface area contributed by atoms with Gasteiger partial charge in [0.05, 0.1) is 30.9 Å². The lowest BCUT2D eigenvalue weighted by Gasteiger charge is -2.16. The third kappa shape index (κ3) is 7.14. The van der Waals surface area contributed by atoms with Crippen LogP contribution in [0.25, 0.3) is 11.5 Å². The number of esters is 1. The molecule has 232 valence electrons. The number of nitrogens with zero attached hydrogens (tertiary/aromatic N) is 2. The standard InChI is InChI=1S/C34H38N2O7S/c1-4-5-20-41-27-13-15-28(16-14-27)44(38,39)36-22-29-25(12-18-33(37)40-3)11-17-32(30(29)23-36)42-21-19-31-24(2)43-34(35-31)26-9-7-6-8-10-26/h6-11,13-17H,4-5,12,18-23H2,1-3H3. The van der Waals surface area contributed by atoms with Gasteiger partial charge >= 0.3 is 5.97 Å². The highest BCUT2D eigenvalue weighted by Crippen LogP contribution is 2.37. The molecule has 0 saturated carbocycles. The number of fused-ring (bicyclic) bond motifs is 1. The molecule has 10 heteroatoms. The maximum Gasteiger partial charge on any atom is 0.305 e. The second kappa shape index (κ2) is 14.1. The van der Waals surface area contributed by atoms with E-state index in [9.17, 15) is 13.2 Å². The van der Waals surface area contributed by atoms with Gasteiger partial charge in [-0.15, -0.1) is 0 Å². The Morgan fingerprint density at radius 3 is 2.41 bits per heavy atom. The highest BCUT2D eigenvalue weighted by atomic mass is 32.2. The zero-order chi connectivity index (χ0) is 31.1. The molecule has 1 aromatic heterocycles. The van der Waals surface area contributed by atoms with Gasteiger partial charge in [-0.2, -0.15) is 4.31 Å². The topological polar surface area (TPSA) is 108 Å². The molecule has 2 heterocycles. The van der Waals surface area contributed by atoms with Gasteiger partial charge in [0, 0.05) is 37.1 Å². The molecule has 0 amide bonds. The van der Waals surface area contributed by atoms with Crippen LogP contribution in [0.3, 0.4) is 0 Å². The van der Waals surface area contributed by atoms with Crippen LogP contribution in [0, 0.1) is 6.92 Å². The first-order valence-corrected chi connectivity index (χ1v) is 16.3. The molecule has 0 radical (unpaired) electrons. The van der Waals surface area contributed by atoms with Crippen LogP contribution in [-0.2, 0) is 45.5 Å². The van der Waals surface area contributed by atoms with Crippen molar-refractivity contribution in [1.82, 2.24) is 9.29 Å². The van der Waals surface area contributed by atoms with Gasteiger partial charge in [0.1, 0.15) is 17.3 Å². The second-order valence-electron chi connectivity index (χ2n) is 10.7. The van der Waals surface area contributed by atoms with Crippen LogP contribution in [0.1, 0.15) is 54.3 Å². The van der Waals surface area contributed by atoms with Crippen LogP contribution in [-0.4, -0.2) is 44.0 Å². The fraction of sp³-hybridized carbons (Fsp3) is 0.353. The van der Waals surface area contributed by atoms with Crippen molar-refractivity contribution >= 4 is 16.0 Å². The monoisotopic (exact) mass is 618 g/mol. The van der Waals surface area contributed by atoms with Gasteiger partial charge < -0.3 is 18.6 Å². The number of carbonyl (C=O) groups excluding carboxylic acids is 1. The van der Waals surface area contributed by atoms with E-state index in [1.807, 2.05) is 49.4 Å². The Hall–Kier alpha value is -4.15. The minimum Gasteiger partial charge on any atom is -0.494 e. The Morgan fingerprint density at radius 1 is 0.932 bits per heavy atom. The van der Waals surface area contributed by atoms with Crippen LogP contribution in [0.15, 0.2) is 76.0 Å². The molecule has 0 spiro atoms. The van der Waals surface area contributed by atoms with Gasteiger partial charge in [-0.25, -0.2) is 13.4 Å². The fourth-order valence-corrected chi connectivity index (χ4v) is 6.57. The molecule has 1 aliphatic heterocycles. The Kier molecular flexibility index (Phi) is 10.0. The molecule has 5 rings (SSSR count). The number of methoxy groups -OCH3 is 1. The van der Waals surface area contributed by atoms with Gasteiger partial charge in [0.2, 0.25) is 15.9 Å². The average Bonchev–Trinajstić information content (AvgIpc) is 3.66. The highest BCUT2D eigenvalue weighted by molar-refractivity contribution is 7.89. The summed E-state index contributed by atoms with van der Waals surface area (Å²) in [5.41, 5.74) is 4.27. The molecular formula is C34H38N2O7S. The van der Waals surface area contributed by atoms with E-state index in [0.717, 1.165) is 46.5 Å². The predicted molar refractivity (Wildman–Crippen MR) is 166 cm³/mol. The SMILES string of the molecule is CCCCOc1ccc(S(=O)(=O)N2Cc3c(CCC(=O)OC)ccc(OCCc4nc(-c5ccccc5)oc4C)c3C2)cc1. The smallest absolute Gasteiger partial charge is 0.305 e. The summed E-state index contributed by atoms with van der Waals surface area (Å²) in [6.07, 6.45) is 3.11. The third-order valence-electron chi connectivity index (χ3n) is 7.72. The van der Waals surface area contributed by atoms with E-state index < -0.39 is 10.0 Å². The number of benzene rings is 3. The molecular weight excluding hydrogens is 580 g/mol. The van der Waals surface area contributed by atoms with Gasteiger partial charge in [-0.1, -0.05) is 37.6 Å². The van der Waals surface area contributed by atoms with E-state index in [-0.39, 0.29) is 30.4 Å². The second-order valence-corrected chi connectivity index (χ2v) is 12.6. The summed E-state index contributed by atoms with van der Waals surface area (Å²) in [4.78, 5) is 16.8. The molecule has 3 aromatic carbocycles. The number of unbranched alkanes of at least 4 members (excludes halogenated alkanes) is 1. The lowest BCUT2D eigenvalue weighted by Crippen LogP contribution is -2.25. The zero-order valence-electron chi connectivity index (χ0n) is 25.4. The summed E-state index contributed by atoms with van der Waals surface area (Å²) in [5.74, 6) is 2.23. The fourth-order valence-electron chi connectivity index (χ4n) is 5.19. The van der Waals surface area contributed by atoms with Crippen LogP contribution >= 0.6 is 0 Å². The van der Waals surface area contributed by atoms with Gasteiger partial charge in [-0.05, 0) is 73.4 Å². The molecule has 0 atom stereocenters. The van der Waals surface area contributed by atoms with Crippen molar-refractivity contribution in [2.45, 2.75) is 63.9 Å². The summed E-state index contributed by atoms with van der Waals surface area (Å²) in [7, 11) is -2.44. The number of aromatic nitrogens is 1. The predicted octanol–water partition coefficient (Wildman–Crippen LogP) is 6.26. The highest BCUT2D eigenvalue weighted by Gasteiger charge is 2.34. The van der Waals surface area contributed by atoms with E-state index in [0.29, 0.717) is 43.4 Å². The Bertz CT molecular complexity index is 1680. The summed E-state index contributed by atoms with van der Waals surface area (Å²) in [5, 5.41) is 0. The molecule has 0 saturated heterocycles. The number of sulfonamides is 1. The van der Waals surface area contributed by atoms with Crippen molar-refractivity contribution in [3.05, 3.63) is 94.9 Å². The lowest BCUT2D eigenvalue weighted by molar-refractivity contribution is -0.140. The molecule has 9 nitrogen and oxygen atoms in total. The summed E-state index contributed by atoms with van der Waals surface area (Å²) in [6, 6.07) is 20.0. The largest absolute Gasteiger partial charge is 0.494 e. The Labute approximate surface area is 258 Å². The lowest BCUT2D eigenvalue weighted by atomic mass is 9.99. The molecule has 0 fully saturated rings. The summed E-state index contributed by atoms with van der Waals surface area (Å²) >= 11 is 0. The van der Waals surface area contributed by atoms with E-state index in [4.69, 9.17) is 18.6 Å². The molecule has 0 unspecified atom stereocenters. The number of hydrogen-bond donors (Lipinski definition) is 0. The van der Waals surface area contributed by atoms with Crippen molar-refractivity contribution in [3.8, 4) is 23.0 Å². The number of aryl methyl sites for hydroxylation is 2. The van der Waals surface area contributed by atoms with Gasteiger partial charge in [0.25, 0.3) is 0 Å². The average molecular weight is 619 g/mol. The normalized spacial score (nSPS) is 13.1. The molecule has 1 aliphatic rings. The quantitative estimate of drug-likeness (QED) is 0.120.